The standard InChI is InChI=1S/C24H27F3N4S/c25-20-11-13-30(17-20)12-4-14-32-31(21-5-2-1-3-6-21)16-18-7-9-19(10-8-18)22-15-23(24(26)27)29-28-22/h1-3,5-10,20,24H,4,11-17H2. The van der Waals surface area contributed by atoms with Crippen LogP contribution in [0.2, 0.25) is 0 Å². The smallest absolute Gasteiger partial charge is 0.278 e. The molecule has 2 aliphatic rings. The van der Waals surface area contributed by atoms with Crippen LogP contribution >= 0.6 is 11.9 Å². The van der Waals surface area contributed by atoms with Crippen LogP contribution in [0.4, 0.5) is 18.9 Å². The van der Waals surface area contributed by atoms with Crippen molar-refractivity contribution < 1.29 is 13.2 Å². The predicted molar refractivity (Wildman–Crippen MR) is 127 cm³/mol. The highest BCUT2D eigenvalue weighted by atomic mass is 32.2. The number of alkyl halides is 3. The molecule has 0 bridgehead atoms. The fraction of sp³-hybridized carbons (Fsp3) is 0.417. The Labute approximate surface area is 191 Å². The van der Waals surface area contributed by atoms with Crippen molar-refractivity contribution in [3.05, 3.63) is 65.7 Å². The van der Waals surface area contributed by atoms with Crippen LogP contribution in [0.15, 0.2) is 64.8 Å². The van der Waals surface area contributed by atoms with Gasteiger partial charge in [0.1, 0.15) is 11.9 Å². The van der Waals surface area contributed by atoms with Crippen LogP contribution in [0.25, 0.3) is 0 Å². The van der Waals surface area contributed by atoms with Gasteiger partial charge in [-0.1, -0.05) is 42.5 Å². The number of likely N-dealkylation sites (tertiary alicyclic amines) is 1. The summed E-state index contributed by atoms with van der Waals surface area (Å²) in [6, 6.07) is 18.1. The molecular weight excluding hydrogens is 433 g/mol. The Morgan fingerprint density at radius 2 is 1.84 bits per heavy atom. The number of rotatable bonds is 10. The van der Waals surface area contributed by atoms with E-state index in [2.05, 4.69) is 31.5 Å². The molecule has 2 aliphatic heterocycles. The van der Waals surface area contributed by atoms with Crippen LogP contribution < -0.4 is 4.31 Å². The number of nitrogens with zero attached hydrogens (tertiary/aromatic N) is 4. The minimum atomic E-state index is -2.56. The lowest BCUT2D eigenvalue weighted by Gasteiger charge is -2.24. The van der Waals surface area contributed by atoms with Gasteiger partial charge in [-0.25, -0.2) is 13.2 Å². The second-order valence-electron chi connectivity index (χ2n) is 8.06. The first kappa shape index (κ1) is 22.9. The molecule has 1 fully saturated rings. The van der Waals surface area contributed by atoms with Gasteiger partial charge in [0.15, 0.2) is 0 Å². The molecule has 1 atom stereocenters. The van der Waals surface area contributed by atoms with Gasteiger partial charge in [-0.05, 0) is 54.6 Å². The second kappa shape index (κ2) is 11.0. The van der Waals surface area contributed by atoms with Crippen molar-refractivity contribution in [1.82, 2.24) is 4.90 Å². The van der Waals surface area contributed by atoms with Crippen LogP contribution in [0.5, 0.6) is 0 Å². The number of hydrogen-bond acceptors (Lipinski definition) is 5. The Morgan fingerprint density at radius 3 is 2.50 bits per heavy atom. The third kappa shape index (κ3) is 6.13. The Kier molecular flexibility index (Phi) is 7.86. The average Bonchev–Trinajstić information content (AvgIpc) is 3.46. The zero-order valence-corrected chi connectivity index (χ0v) is 18.7. The molecular formula is C24H27F3N4S. The first-order valence-electron chi connectivity index (χ1n) is 10.9. The molecule has 0 saturated carbocycles. The number of benzene rings is 2. The van der Waals surface area contributed by atoms with E-state index in [4.69, 9.17) is 0 Å². The molecule has 32 heavy (non-hydrogen) atoms. The monoisotopic (exact) mass is 460 g/mol. The van der Waals surface area contributed by atoms with Crippen molar-refractivity contribution in [3.8, 4) is 0 Å². The fourth-order valence-electron chi connectivity index (χ4n) is 3.87. The van der Waals surface area contributed by atoms with E-state index in [1.807, 2.05) is 42.5 Å². The maximum atomic E-state index is 13.4. The topological polar surface area (TPSA) is 31.2 Å². The minimum absolute atomic E-state index is 0.100. The molecule has 0 N–H and O–H groups in total. The largest absolute Gasteiger partial charge is 0.312 e. The van der Waals surface area contributed by atoms with Crippen molar-refractivity contribution in [1.29, 1.82) is 0 Å². The predicted octanol–water partition coefficient (Wildman–Crippen LogP) is 5.59. The molecule has 170 valence electrons. The Hall–Kier alpha value is -2.32. The van der Waals surface area contributed by atoms with Crippen LogP contribution in [0.3, 0.4) is 0 Å². The highest BCUT2D eigenvalue weighted by Gasteiger charge is 2.22. The van der Waals surface area contributed by atoms with Crippen LogP contribution in [-0.4, -0.2) is 54.3 Å². The Balaban J connectivity index is 1.34. The number of para-hydroxylation sites is 1. The van der Waals surface area contributed by atoms with Crippen molar-refractivity contribution >= 4 is 29.1 Å². The zero-order chi connectivity index (χ0) is 22.3. The van der Waals surface area contributed by atoms with Gasteiger partial charge in [-0.15, -0.1) is 0 Å². The maximum Gasteiger partial charge on any atom is 0.278 e. The van der Waals surface area contributed by atoms with Gasteiger partial charge in [-0.2, -0.15) is 10.2 Å². The summed E-state index contributed by atoms with van der Waals surface area (Å²) in [5.41, 5.74) is 3.48. The molecule has 8 heteroatoms. The van der Waals surface area contributed by atoms with Crippen molar-refractivity contribution in [2.75, 3.05) is 29.7 Å². The van der Waals surface area contributed by atoms with Gasteiger partial charge in [0.25, 0.3) is 6.43 Å². The van der Waals surface area contributed by atoms with Crippen molar-refractivity contribution in [2.45, 2.75) is 38.4 Å². The van der Waals surface area contributed by atoms with E-state index in [0.717, 1.165) is 48.6 Å². The van der Waals surface area contributed by atoms with Crippen LogP contribution in [0.1, 0.15) is 30.4 Å². The number of halogens is 3. The van der Waals surface area contributed by atoms with Crippen LogP contribution in [0, 0.1) is 0 Å². The van der Waals surface area contributed by atoms with E-state index in [0.29, 0.717) is 18.7 Å². The van der Waals surface area contributed by atoms with E-state index in [9.17, 15) is 13.2 Å². The summed E-state index contributed by atoms with van der Waals surface area (Å²) in [7, 11) is 0. The molecule has 1 saturated heterocycles. The van der Waals surface area contributed by atoms with E-state index >= 15 is 0 Å². The summed E-state index contributed by atoms with van der Waals surface area (Å²) in [4.78, 5) is 2.20. The van der Waals surface area contributed by atoms with E-state index in [1.165, 1.54) is 0 Å². The molecule has 2 heterocycles. The molecule has 0 aliphatic carbocycles. The SMILES string of the molecule is FC1CCN(CCCSN(Cc2ccc(C3=NN=C(C(F)F)C3)cc2)c2ccccc2)C1. The normalized spacial score (nSPS) is 18.8. The molecule has 0 radical (unpaired) electrons. The van der Waals surface area contributed by atoms with E-state index in [-0.39, 0.29) is 12.1 Å². The van der Waals surface area contributed by atoms with E-state index in [1.54, 1.807) is 11.9 Å². The van der Waals surface area contributed by atoms with Crippen LogP contribution in [-0.2, 0) is 6.54 Å². The molecule has 4 rings (SSSR count). The summed E-state index contributed by atoms with van der Waals surface area (Å²) in [6.07, 6.45) is -1.47. The summed E-state index contributed by atoms with van der Waals surface area (Å²) in [5.74, 6) is 0.949. The third-order valence-corrected chi connectivity index (χ3v) is 6.76. The molecule has 4 nitrogen and oxygen atoms in total. The Morgan fingerprint density at radius 1 is 1.06 bits per heavy atom. The lowest BCUT2D eigenvalue weighted by Crippen LogP contribution is -2.23. The van der Waals surface area contributed by atoms with Gasteiger partial charge >= 0.3 is 0 Å². The average molecular weight is 461 g/mol. The summed E-state index contributed by atoms with van der Waals surface area (Å²) < 4.78 is 41.2. The Bertz CT molecular complexity index is 934. The summed E-state index contributed by atoms with van der Waals surface area (Å²) in [5, 5.41) is 7.51. The highest BCUT2D eigenvalue weighted by molar-refractivity contribution is 8.00. The lowest BCUT2D eigenvalue weighted by molar-refractivity contribution is 0.224. The first-order chi connectivity index (χ1) is 15.6. The van der Waals surface area contributed by atoms with Crippen molar-refractivity contribution in [2.24, 2.45) is 10.2 Å². The van der Waals surface area contributed by atoms with Gasteiger partial charge in [0.05, 0.1) is 12.3 Å². The number of hydrogen-bond donors (Lipinski definition) is 0. The summed E-state index contributed by atoms with van der Waals surface area (Å²) >= 11 is 1.77. The molecule has 2 aromatic carbocycles. The highest BCUT2D eigenvalue weighted by Crippen LogP contribution is 2.26. The third-order valence-electron chi connectivity index (χ3n) is 5.64. The fourth-order valence-corrected chi connectivity index (χ4v) is 4.86. The van der Waals surface area contributed by atoms with Gasteiger partial charge in [-0.3, -0.25) is 0 Å². The molecule has 1 unspecified atom stereocenters. The minimum Gasteiger partial charge on any atom is -0.312 e. The first-order valence-corrected chi connectivity index (χ1v) is 11.9. The van der Waals surface area contributed by atoms with Gasteiger partial charge in [0.2, 0.25) is 0 Å². The van der Waals surface area contributed by atoms with E-state index < -0.39 is 12.6 Å². The number of anilines is 1. The molecule has 0 spiro atoms. The van der Waals surface area contributed by atoms with Crippen molar-refractivity contribution in [3.63, 3.8) is 0 Å². The quantitative estimate of drug-likeness (QED) is 0.342. The summed E-state index contributed by atoms with van der Waals surface area (Å²) in [6.45, 7) is 3.07. The maximum absolute atomic E-state index is 13.4. The van der Waals surface area contributed by atoms with Gasteiger partial charge < -0.3 is 9.21 Å². The molecule has 0 aromatic heterocycles. The zero-order valence-electron chi connectivity index (χ0n) is 17.8. The molecule has 0 amide bonds. The van der Waals surface area contributed by atoms with Gasteiger partial charge in [0, 0.05) is 31.0 Å². The molecule has 2 aromatic rings. The second-order valence-corrected chi connectivity index (χ2v) is 9.17. The lowest BCUT2D eigenvalue weighted by atomic mass is 10.0.